The van der Waals surface area contributed by atoms with Gasteiger partial charge in [-0.05, 0) is 16.7 Å². The molecule has 3 nitrogen and oxygen atoms in total. The lowest BCUT2D eigenvalue weighted by Gasteiger charge is -2.38. The summed E-state index contributed by atoms with van der Waals surface area (Å²) in [5.74, 6) is -2.23. The molecule has 0 aliphatic carbocycles. The van der Waals surface area contributed by atoms with Crippen LogP contribution >= 0.6 is 0 Å². The van der Waals surface area contributed by atoms with Crippen molar-refractivity contribution in [2.75, 3.05) is 0 Å². The summed E-state index contributed by atoms with van der Waals surface area (Å²) in [5, 5.41) is 0. The molecule has 1 saturated heterocycles. The molecule has 1 fully saturated rings. The lowest BCUT2D eigenvalue weighted by atomic mass is 9.79. The van der Waals surface area contributed by atoms with Crippen molar-refractivity contribution < 1.29 is 14.5 Å². The number of fused-ring (bicyclic) bond motifs is 2. The van der Waals surface area contributed by atoms with Gasteiger partial charge in [0.1, 0.15) is 0 Å². The first-order valence-electron chi connectivity index (χ1n) is 10.8. The molecular formula is C29H22O3. The molecule has 32 heavy (non-hydrogen) atoms. The van der Waals surface area contributed by atoms with E-state index in [9.17, 15) is 0 Å². The van der Waals surface area contributed by atoms with Crippen LogP contribution in [0.2, 0.25) is 0 Å². The van der Waals surface area contributed by atoms with E-state index in [2.05, 4.69) is 36.4 Å². The Kier molecular flexibility index (Phi) is 4.54. The standard InChI is InChI=1S/C29H22O3/c1-5-13-22(14-6-1)26-21-28(24-17-9-3-10-18-24)30-29(32-31-28,25-19-11-4-12-20-25)27(26)23-15-7-2-8-16-23/h1-20H,21H2. The van der Waals surface area contributed by atoms with E-state index in [1.807, 2.05) is 84.9 Å². The predicted octanol–water partition coefficient (Wildman–Crippen LogP) is 6.69. The van der Waals surface area contributed by atoms with E-state index in [-0.39, 0.29) is 0 Å². The van der Waals surface area contributed by atoms with Crippen molar-refractivity contribution >= 4 is 11.1 Å². The fraction of sp³-hybridized carbons (Fsp3) is 0.103. The topological polar surface area (TPSA) is 27.7 Å². The first-order valence-corrected chi connectivity index (χ1v) is 10.8. The SMILES string of the molecule is c1ccc(C2=C(c3ccccc3)C3(c4ccccc4)OOC(c4ccccc4)(C2)O3)cc1. The molecule has 156 valence electrons. The summed E-state index contributed by atoms with van der Waals surface area (Å²) in [6.07, 6.45) is 0.528. The van der Waals surface area contributed by atoms with Crippen molar-refractivity contribution in [1.29, 1.82) is 0 Å². The van der Waals surface area contributed by atoms with E-state index in [1.165, 1.54) is 0 Å². The maximum absolute atomic E-state index is 6.86. The van der Waals surface area contributed by atoms with E-state index in [0.29, 0.717) is 6.42 Å². The highest BCUT2D eigenvalue weighted by Gasteiger charge is 2.61. The Labute approximate surface area is 187 Å². The van der Waals surface area contributed by atoms with Gasteiger partial charge in [0.2, 0.25) is 5.79 Å². The van der Waals surface area contributed by atoms with E-state index in [0.717, 1.165) is 33.4 Å². The lowest BCUT2D eigenvalue weighted by molar-refractivity contribution is -0.344. The van der Waals surface area contributed by atoms with Crippen molar-refractivity contribution in [3.8, 4) is 0 Å². The normalized spacial score (nSPS) is 24.5. The van der Waals surface area contributed by atoms with Crippen LogP contribution in [0.3, 0.4) is 0 Å². The quantitative estimate of drug-likeness (QED) is 0.346. The third-order valence-corrected chi connectivity index (χ3v) is 6.19. The van der Waals surface area contributed by atoms with Crippen LogP contribution in [0.15, 0.2) is 121 Å². The molecule has 2 atom stereocenters. The molecule has 0 N–H and O–H groups in total. The molecule has 2 unspecified atom stereocenters. The Bertz CT molecular complexity index is 1250. The summed E-state index contributed by atoms with van der Waals surface area (Å²) in [4.78, 5) is 12.4. The van der Waals surface area contributed by atoms with Gasteiger partial charge in [0, 0.05) is 23.1 Å². The molecule has 0 amide bonds. The summed E-state index contributed by atoms with van der Waals surface area (Å²) in [6, 6.07) is 40.8. The molecule has 0 aromatic heterocycles. The fourth-order valence-corrected chi connectivity index (χ4v) is 4.74. The van der Waals surface area contributed by atoms with Gasteiger partial charge in [-0.15, -0.1) is 0 Å². The molecular weight excluding hydrogens is 396 g/mol. The second kappa shape index (κ2) is 7.57. The first kappa shape index (κ1) is 19.2. The average Bonchev–Trinajstić information content (AvgIpc) is 3.21. The minimum Gasteiger partial charge on any atom is -0.300 e. The van der Waals surface area contributed by atoms with Crippen molar-refractivity contribution in [3.05, 3.63) is 144 Å². The number of ether oxygens (including phenoxy) is 1. The monoisotopic (exact) mass is 418 g/mol. The molecule has 3 heteroatoms. The second-order valence-corrected chi connectivity index (χ2v) is 8.13. The van der Waals surface area contributed by atoms with Crippen LogP contribution < -0.4 is 0 Å². The average molecular weight is 418 g/mol. The summed E-state index contributed by atoms with van der Waals surface area (Å²) < 4.78 is 6.86. The van der Waals surface area contributed by atoms with Crippen molar-refractivity contribution in [2.45, 2.75) is 18.0 Å². The van der Waals surface area contributed by atoms with E-state index < -0.39 is 11.6 Å². The van der Waals surface area contributed by atoms with Gasteiger partial charge >= 0.3 is 0 Å². The fourth-order valence-electron chi connectivity index (χ4n) is 4.74. The molecule has 2 aliphatic heterocycles. The van der Waals surface area contributed by atoms with Crippen LogP contribution in [-0.2, 0) is 26.1 Å². The summed E-state index contributed by atoms with van der Waals surface area (Å²) >= 11 is 0. The van der Waals surface area contributed by atoms with Gasteiger partial charge < -0.3 is 0 Å². The minimum absolute atomic E-state index is 0.528. The highest BCUT2D eigenvalue weighted by molar-refractivity contribution is 5.95. The Morgan fingerprint density at radius 1 is 0.500 bits per heavy atom. The third-order valence-electron chi connectivity index (χ3n) is 6.19. The van der Waals surface area contributed by atoms with Crippen LogP contribution in [-0.4, -0.2) is 0 Å². The van der Waals surface area contributed by atoms with Gasteiger partial charge in [-0.25, -0.2) is 0 Å². The van der Waals surface area contributed by atoms with Gasteiger partial charge in [-0.3, -0.25) is 4.74 Å². The van der Waals surface area contributed by atoms with Crippen molar-refractivity contribution in [3.63, 3.8) is 0 Å². The van der Waals surface area contributed by atoms with Crippen LogP contribution in [0.1, 0.15) is 28.7 Å². The zero-order chi connectivity index (χ0) is 21.4. The molecule has 4 aromatic rings. The third kappa shape index (κ3) is 2.94. The highest BCUT2D eigenvalue weighted by atomic mass is 17.3. The van der Waals surface area contributed by atoms with Crippen molar-refractivity contribution in [2.24, 2.45) is 0 Å². The Hall–Kier alpha value is -3.50. The number of rotatable bonds is 4. The molecule has 2 heterocycles. The smallest absolute Gasteiger partial charge is 0.257 e. The van der Waals surface area contributed by atoms with Gasteiger partial charge in [0.05, 0.1) is 0 Å². The molecule has 0 saturated carbocycles. The van der Waals surface area contributed by atoms with Gasteiger partial charge in [-0.1, -0.05) is 121 Å². The van der Waals surface area contributed by atoms with E-state index in [4.69, 9.17) is 14.5 Å². The maximum Gasteiger partial charge on any atom is 0.257 e. The molecule has 0 spiro atoms. The van der Waals surface area contributed by atoms with Gasteiger partial charge in [-0.2, -0.15) is 9.78 Å². The molecule has 2 aliphatic rings. The van der Waals surface area contributed by atoms with Crippen LogP contribution in [0.5, 0.6) is 0 Å². The largest absolute Gasteiger partial charge is 0.300 e. The molecule has 0 radical (unpaired) electrons. The Morgan fingerprint density at radius 3 is 1.59 bits per heavy atom. The van der Waals surface area contributed by atoms with Crippen LogP contribution in [0, 0.1) is 0 Å². The van der Waals surface area contributed by atoms with Crippen molar-refractivity contribution in [1.82, 2.24) is 0 Å². The van der Waals surface area contributed by atoms with Gasteiger partial charge in [0.15, 0.2) is 0 Å². The number of benzene rings is 4. The minimum atomic E-state index is -1.19. The van der Waals surface area contributed by atoms with E-state index >= 15 is 0 Å². The zero-order valence-corrected chi connectivity index (χ0v) is 17.5. The Morgan fingerprint density at radius 2 is 1.00 bits per heavy atom. The zero-order valence-electron chi connectivity index (χ0n) is 17.5. The summed E-state index contributed by atoms with van der Waals surface area (Å²) in [7, 11) is 0. The van der Waals surface area contributed by atoms with Crippen LogP contribution in [0.25, 0.3) is 11.1 Å². The number of hydrogen-bond acceptors (Lipinski definition) is 3. The summed E-state index contributed by atoms with van der Waals surface area (Å²) in [5.41, 5.74) is 6.11. The lowest BCUT2D eigenvalue weighted by Crippen LogP contribution is -2.39. The maximum atomic E-state index is 6.86. The van der Waals surface area contributed by atoms with E-state index in [1.54, 1.807) is 0 Å². The molecule has 6 rings (SSSR count). The highest BCUT2D eigenvalue weighted by Crippen LogP contribution is 2.61. The Balaban J connectivity index is 1.67. The first-order chi connectivity index (χ1) is 15.8. The van der Waals surface area contributed by atoms with Gasteiger partial charge in [0.25, 0.3) is 5.79 Å². The predicted molar refractivity (Wildman–Crippen MR) is 124 cm³/mol. The molecule has 4 aromatic carbocycles. The number of hydrogen-bond donors (Lipinski definition) is 0. The molecule has 2 bridgehead atoms. The summed E-state index contributed by atoms with van der Waals surface area (Å²) in [6.45, 7) is 0. The second-order valence-electron chi connectivity index (χ2n) is 8.13. The van der Waals surface area contributed by atoms with Crippen LogP contribution in [0.4, 0.5) is 0 Å².